The van der Waals surface area contributed by atoms with E-state index in [9.17, 15) is 9.18 Å². The Labute approximate surface area is 147 Å². The molecule has 1 fully saturated rings. The number of nitrogens with zero attached hydrogens (tertiary/aromatic N) is 3. The van der Waals surface area contributed by atoms with Crippen molar-refractivity contribution in [2.75, 3.05) is 19.7 Å². The summed E-state index contributed by atoms with van der Waals surface area (Å²) in [4.78, 5) is 14.7. The van der Waals surface area contributed by atoms with Crippen molar-refractivity contribution < 1.29 is 13.9 Å². The maximum Gasteiger partial charge on any atom is 0.272 e. The molecule has 0 bridgehead atoms. The van der Waals surface area contributed by atoms with Crippen molar-refractivity contribution >= 4 is 5.91 Å². The SMILES string of the molecule is CCCn1nccc1C(=O)N1CCCC(COc2ccc(F)cc2)C1. The molecule has 2 heterocycles. The van der Waals surface area contributed by atoms with Gasteiger partial charge in [-0.1, -0.05) is 6.92 Å². The number of carbonyl (C=O) groups is 1. The van der Waals surface area contributed by atoms with Gasteiger partial charge >= 0.3 is 0 Å². The standard InChI is InChI=1S/C19H24FN3O2/c1-2-11-23-18(9-10-21-23)19(24)22-12-3-4-15(13-22)14-25-17-7-5-16(20)6-8-17/h5-10,15H,2-4,11-14H2,1H3. The van der Waals surface area contributed by atoms with Crippen LogP contribution in [0.25, 0.3) is 0 Å². The van der Waals surface area contributed by atoms with E-state index in [1.807, 2.05) is 4.90 Å². The molecule has 1 amide bonds. The van der Waals surface area contributed by atoms with Gasteiger partial charge in [0.25, 0.3) is 5.91 Å². The van der Waals surface area contributed by atoms with Gasteiger partial charge in [-0.05, 0) is 49.6 Å². The predicted molar refractivity (Wildman–Crippen MR) is 93.0 cm³/mol. The molecule has 1 aromatic heterocycles. The molecule has 0 aliphatic carbocycles. The van der Waals surface area contributed by atoms with Crippen molar-refractivity contribution in [2.24, 2.45) is 5.92 Å². The van der Waals surface area contributed by atoms with Gasteiger partial charge in [0.05, 0.1) is 6.61 Å². The lowest BCUT2D eigenvalue weighted by atomic mass is 9.98. The van der Waals surface area contributed by atoms with E-state index in [1.165, 1.54) is 12.1 Å². The van der Waals surface area contributed by atoms with Crippen LogP contribution in [0.4, 0.5) is 4.39 Å². The predicted octanol–water partition coefficient (Wildman–Crippen LogP) is 3.36. The second kappa shape index (κ2) is 8.14. The summed E-state index contributed by atoms with van der Waals surface area (Å²) in [6.07, 6.45) is 4.61. The Morgan fingerprint density at radius 1 is 1.32 bits per heavy atom. The second-order valence-corrected chi connectivity index (χ2v) is 6.46. The average molecular weight is 345 g/mol. The molecular formula is C19H24FN3O2. The van der Waals surface area contributed by atoms with Crippen LogP contribution in [0.15, 0.2) is 36.5 Å². The van der Waals surface area contributed by atoms with E-state index in [-0.39, 0.29) is 17.6 Å². The molecule has 0 saturated carbocycles. The van der Waals surface area contributed by atoms with Crippen molar-refractivity contribution in [3.05, 3.63) is 48.0 Å². The van der Waals surface area contributed by atoms with E-state index >= 15 is 0 Å². The van der Waals surface area contributed by atoms with Gasteiger partial charge in [-0.2, -0.15) is 5.10 Å². The van der Waals surface area contributed by atoms with E-state index in [1.54, 1.807) is 29.1 Å². The lowest BCUT2D eigenvalue weighted by Gasteiger charge is -2.32. The lowest BCUT2D eigenvalue weighted by molar-refractivity contribution is 0.0621. The second-order valence-electron chi connectivity index (χ2n) is 6.46. The van der Waals surface area contributed by atoms with Crippen LogP contribution in [0.2, 0.25) is 0 Å². The maximum atomic E-state index is 12.9. The van der Waals surface area contributed by atoms with Crippen LogP contribution in [-0.2, 0) is 6.54 Å². The Morgan fingerprint density at radius 2 is 2.12 bits per heavy atom. The highest BCUT2D eigenvalue weighted by Gasteiger charge is 2.26. The van der Waals surface area contributed by atoms with Gasteiger partial charge in [-0.3, -0.25) is 9.48 Å². The Balaban J connectivity index is 1.57. The third kappa shape index (κ3) is 4.38. The summed E-state index contributed by atoms with van der Waals surface area (Å²) in [6, 6.07) is 7.83. The molecule has 2 aromatic rings. The topological polar surface area (TPSA) is 47.4 Å². The van der Waals surface area contributed by atoms with Gasteiger partial charge in [0.1, 0.15) is 17.3 Å². The molecule has 1 aliphatic heterocycles. The highest BCUT2D eigenvalue weighted by Crippen LogP contribution is 2.21. The van der Waals surface area contributed by atoms with Gasteiger partial charge in [-0.15, -0.1) is 0 Å². The highest BCUT2D eigenvalue weighted by atomic mass is 19.1. The number of hydrogen-bond donors (Lipinski definition) is 0. The van der Waals surface area contributed by atoms with Crippen LogP contribution in [0, 0.1) is 11.7 Å². The monoisotopic (exact) mass is 345 g/mol. The third-order valence-corrected chi connectivity index (χ3v) is 4.48. The summed E-state index contributed by atoms with van der Waals surface area (Å²) in [5, 5.41) is 4.24. The fourth-order valence-electron chi connectivity index (χ4n) is 3.20. The molecule has 1 aliphatic rings. The van der Waals surface area contributed by atoms with Crippen LogP contribution in [0.3, 0.4) is 0 Å². The lowest BCUT2D eigenvalue weighted by Crippen LogP contribution is -2.42. The minimum absolute atomic E-state index is 0.0393. The molecule has 6 heteroatoms. The molecule has 0 spiro atoms. The van der Waals surface area contributed by atoms with Crippen molar-refractivity contribution in [3.63, 3.8) is 0 Å². The maximum absolute atomic E-state index is 12.9. The Morgan fingerprint density at radius 3 is 2.88 bits per heavy atom. The van der Waals surface area contributed by atoms with Crippen molar-refractivity contribution in [1.29, 1.82) is 0 Å². The highest BCUT2D eigenvalue weighted by molar-refractivity contribution is 5.92. The van der Waals surface area contributed by atoms with Gasteiger partial charge < -0.3 is 9.64 Å². The van der Waals surface area contributed by atoms with E-state index in [0.29, 0.717) is 24.6 Å². The summed E-state index contributed by atoms with van der Waals surface area (Å²) in [5.41, 5.74) is 0.655. The van der Waals surface area contributed by atoms with E-state index < -0.39 is 0 Å². The fourth-order valence-corrected chi connectivity index (χ4v) is 3.20. The van der Waals surface area contributed by atoms with Gasteiger partial charge in [0, 0.05) is 31.7 Å². The molecule has 5 nitrogen and oxygen atoms in total. The van der Waals surface area contributed by atoms with E-state index in [0.717, 1.165) is 32.4 Å². The minimum Gasteiger partial charge on any atom is -0.493 e. The zero-order valence-corrected chi connectivity index (χ0v) is 14.5. The number of piperidine rings is 1. The number of benzene rings is 1. The third-order valence-electron chi connectivity index (χ3n) is 4.48. The average Bonchev–Trinajstić information content (AvgIpc) is 3.09. The van der Waals surface area contributed by atoms with Crippen LogP contribution in [-0.4, -0.2) is 40.3 Å². The molecule has 0 N–H and O–H groups in total. The number of hydrogen-bond acceptors (Lipinski definition) is 3. The van der Waals surface area contributed by atoms with E-state index in [2.05, 4.69) is 12.0 Å². The number of halogens is 1. The van der Waals surface area contributed by atoms with E-state index in [4.69, 9.17) is 4.74 Å². The quantitative estimate of drug-likeness (QED) is 0.806. The summed E-state index contributed by atoms with van der Waals surface area (Å²) in [6.45, 7) is 4.79. The minimum atomic E-state index is -0.273. The van der Waals surface area contributed by atoms with Crippen LogP contribution >= 0.6 is 0 Å². The van der Waals surface area contributed by atoms with Gasteiger partial charge in [-0.25, -0.2) is 4.39 Å². The number of ether oxygens (including phenoxy) is 1. The Hall–Kier alpha value is -2.37. The first-order valence-electron chi connectivity index (χ1n) is 8.87. The number of carbonyl (C=O) groups excluding carboxylic acids is 1. The molecule has 1 saturated heterocycles. The first kappa shape index (κ1) is 17.5. The van der Waals surface area contributed by atoms with Gasteiger partial charge in [0.15, 0.2) is 0 Å². The number of amides is 1. The Bertz CT molecular complexity index is 699. The smallest absolute Gasteiger partial charge is 0.272 e. The molecule has 25 heavy (non-hydrogen) atoms. The molecule has 3 rings (SSSR count). The van der Waals surface area contributed by atoms with Crippen molar-refractivity contribution in [1.82, 2.24) is 14.7 Å². The van der Waals surface area contributed by atoms with Crippen LogP contribution in [0.1, 0.15) is 36.7 Å². The molecule has 1 unspecified atom stereocenters. The molecule has 1 aromatic carbocycles. The number of likely N-dealkylation sites (tertiary alicyclic amines) is 1. The molecule has 0 radical (unpaired) electrons. The van der Waals surface area contributed by atoms with Crippen LogP contribution < -0.4 is 4.74 Å². The zero-order chi connectivity index (χ0) is 17.6. The number of rotatable bonds is 6. The van der Waals surface area contributed by atoms with Crippen molar-refractivity contribution in [2.45, 2.75) is 32.7 Å². The Kier molecular flexibility index (Phi) is 5.68. The summed E-state index contributed by atoms with van der Waals surface area (Å²) in [7, 11) is 0. The normalized spacial score (nSPS) is 17.5. The molecular weight excluding hydrogens is 321 g/mol. The van der Waals surface area contributed by atoms with Crippen LogP contribution in [0.5, 0.6) is 5.75 Å². The van der Waals surface area contributed by atoms with Crippen molar-refractivity contribution in [3.8, 4) is 5.75 Å². The fraction of sp³-hybridized carbons (Fsp3) is 0.474. The number of aryl methyl sites for hydroxylation is 1. The molecule has 1 atom stereocenters. The zero-order valence-electron chi connectivity index (χ0n) is 14.5. The first-order valence-corrected chi connectivity index (χ1v) is 8.87. The molecule has 134 valence electrons. The summed E-state index contributed by atoms with van der Waals surface area (Å²) < 4.78 is 20.5. The summed E-state index contributed by atoms with van der Waals surface area (Å²) >= 11 is 0. The first-order chi connectivity index (χ1) is 12.2. The summed E-state index contributed by atoms with van der Waals surface area (Å²) in [5.74, 6) is 0.707. The number of aromatic nitrogens is 2. The largest absolute Gasteiger partial charge is 0.493 e. The van der Waals surface area contributed by atoms with Gasteiger partial charge in [0.2, 0.25) is 0 Å².